The summed E-state index contributed by atoms with van der Waals surface area (Å²) in [4.78, 5) is 2.18. The maximum Gasteiger partial charge on any atom is 0.163 e. The normalized spacial score (nSPS) is 20.0. The molecular formula is C17H20F2N2O. The van der Waals surface area contributed by atoms with Crippen molar-refractivity contribution in [3.8, 4) is 0 Å². The Balaban J connectivity index is 1.86. The summed E-state index contributed by atoms with van der Waals surface area (Å²) in [5, 5.41) is 4.13. The monoisotopic (exact) mass is 306 g/mol. The van der Waals surface area contributed by atoms with Gasteiger partial charge in [0, 0.05) is 18.2 Å². The van der Waals surface area contributed by atoms with Crippen LogP contribution >= 0.6 is 0 Å². The zero-order chi connectivity index (χ0) is 15.5. The highest BCUT2D eigenvalue weighted by molar-refractivity contribution is 5.19. The summed E-state index contributed by atoms with van der Waals surface area (Å²) in [5.74, 6) is -0.765. The smallest absolute Gasteiger partial charge is 0.163 e. The zero-order valence-electron chi connectivity index (χ0n) is 12.7. The minimum Gasteiger partial charge on any atom is -0.361 e. The Morgan fingerprint density at radius 1 is 1.27 bits per heavy atom. The van der Waals surface area contributed by atoms with E-state index in [4.69, 9.17) is 4.52 Å². The first-order chi connectivity index (χ1) is 10.6. The van der Waals surface area contributed by atoms with E-state index in [1.807, 2.05) is 13.0 Å². The van der Waals surface area contributed by atoms with Gasteiger partial charge in [-0.2, -0.15) is 0 Å². The van der Waals surface area contributed by atoms with Gasteiger partial charge in [0.25, 0.3) is 0 Å². The second kappa shape index (κ2) is 6.57. The van der Waals surface area contributed by atoms with Gasteiger partial charge in [-0.25, -0.2) is 8.78 Å². The predicted octanol–water partition coefficient (Wildman–Crippen LogP) is 4.38. The standard InChI is InChI=1S/C17H20F2N2O/c1-12-10-15(20-22-12)16-8-3-2-4-9-21(16)11-13-6-5-7-14(18)17(13)19/h5-7,10,16H,2-4,8-9,11H2,1H3/t16-/m1/s1. The number of halogens is 2. The summed E-state index contributed by atoms with van der Waals surface area (Å²) < 4.78 is 32.6. The number of nitrogens with zero attached hydrogens (tertiary/aromatic N) is 2. The molecule has 1 atom stereocenters. The molecular weight excluding hydrogens is 286 g/mol. The second-order valence-electron chi connectivity index (χ2n) is 5.91. The molecule has 1 aliphatic heterocycles. The summed E-state index contributed by atoms with van der Waals surface area (Å²) >= 11 is 0. The van der Waals surface area contributed by atoms with Gasteiger partial charge < -0.3 is 4.52 Å². The Kier molecular flexibility index (Phi) is 4.52. The minimum absolute atomic E-state index is 0.0996. The molecule has 1 aromatic heterocycles. The van der Waals surface area contributed by atoms with Crippen LogP contribution in [0, 0.1) is 18.6 Å². The van der Waals surface area contributed by atoms with Gasteiger partial charge in [-0.05, 0) is 32.4 Å². The number of aromatic nitrogens is 1. The maximum absolute atomic E-state index is 14.0. The quantitative estimate of drug-likeness (QED) is 0.843. The lowest BCUT2D eigenvalue weighted by Gasteiger charge is -2.28. The van der Waals surface area contributed by atoms with Crippen LogP contribution in [0.15, 0.2) is 28.8 Å². The van der Waals surface area contributed by atoms with E-state index in [0.29, 0.717) is 12.1 Å². The highest BCUT2D eigenvalue weighted by Gasteiger charge is 2.26. The molecule has 0 bridgehead atoms. The Hall–Kier alpha value is -1.75. The van der Waals surface area contributed by atoms with Crippen molar-refractivity contribution >= 4 is 0 Å². The van der Waals surface area contributed by atoms with Crippen molar-refractivity contribution in [2.24, 2.45) is 0 Å². The van der Waals surface area contributed by atoms with Gasteiger partial charge in [-0.3, -0.25) is 4.90 Å². The molecule has 5 heteroatoms. The van der Waals surface area contributed by atoms with E-state index in [1.165, 1.54) is 0 Å². The number of rotatable bonds is 3. The van der Waals surface area contributed by atoms with Gasteiger partial charge >= 0.3 is 0 Å². The molecule has 0 saturated carbocycles. The molecule has 0 N–H and O–H groups in total. The first-order valence-electron chi connectivity index (χ1n) is 7.75. The van der Waals surface area contributed by atoms with Crippen LogP contribution < -0.4 is 0 Å². The Labute approximate surface area is 128 Å². The predicted molar refractivity (Wildman–Crippen MR) is 79.2 cm³/mol. The Morgan fingerprint density at radius 2 is 2.14 bits per heavy atom. The average molecular weight is 306 g/mol. The number of hydrogen-bond donors (Lipinski definition) is 0. The van der Waals surface area contributed by atoms with Crippen LogP contribution in [-0.2, 0) is 6.54 Å². The first-order valence-corrected chi connectivity index (χ1v) is 7.75. The van der Waals surface area contributed by atoms with Crippen molar-refractivity contribution in [2.75, 3.05) is 6.54 Å². The second-order valence-corrected chi connectivity index (χ2v) is 5.91. The lowest BCUT2D eigenvalue weighted by atomic mass is 10.1. The molecule has 3 nitrogen and oxygen atoms in total. The summed E-state index contributed by atoms with van der Waals surface area (Å²) in [7, 11) is 0. The van der Waals surface area contributed by atoms with Gasteiger partial charge in [0.1, 0.15) is 11.5 Å². The lowest BCUT2D eigenvalue weighted by molar-refractivity contribution is 0.181. The van der Waals surface area contributed by atoms with Crippen molar-refractivity contribution in [1.29, 1.82) is 0 Å². The van der Waals surface area contributed by atoms with Crippen LogP contribution in [0.1, 0.15) is 48.7 Å². The van der Waals surface area contributed by atoms with Gasteiger partial charge in [0.05, 0.1) is 6.04 Å². The van der Waals surface area contributed by atoms with Crippen molar-refractivity contribution in [3.63, 3.8) is 0 Å². The van der Waals surface area contributed by atoms with Crippen LogP contribution in [-0.4, -0.2) is 16.6 Å². The molecule has 0 amide bonds. The molecule has 1 aliphatic rings. The highest BCUT2D eigenvalue weighted by Crippen LogP contribution is 2.31. The molecule has 0 spiro atoms. The average Bonchev–Trinajstić information content (AvgIpc) is 2.79. The van der Waals surface area contributed by atoms with E-state index in [2.05, 4.69) is 10.1 Å². The Bertz CT molecular complexity index is 641. The molecule has 1 aromatic carbocycles. The highest BCUT2D eigenvalue weighted by atomic mass is 19.2. The topological polar surface area (TPSA) is 29.3 Å². The van der Waals surface area contributed by atoms with Gasteiger partial charge in [-0.15, -0.1) is 0 Å². The third-order valence-corrected chi connectivity index (χ3v) is 4.26. The summed E-state index contributed by atoms with van der Waals surface area (Å²) in [6.45, 7) is 3.11. The van der Waals surface area contributed by atoms with Crippen LogP contribution in [0.2, 0.25) is 0 Å². The van der Waals surface area contributed by atoms with Crippen molar-refractivity contribution in [1.82, 2.24) is 10.1 Å². The van der Waals surface area contributed by atoms with Crippen molar-refractivity contribution < 1.29 is 13.3 Å². The third kappa shape index (κ3) is 3.19. The summed E-state index contributed by atoms with van der Waals surface area (Å²) in [6, 6.07) is 6.39. The molecule has 1 saturated heterocycles. The van der Waals surface area contributed by atoms with E-state index in [1.54, 1.807) is 12.1 Å². The van der Waals surface area contributed by atoms with Crippen molar-refractivity contribution in [3.05, 3.63) is 52.9 Å². The van der Waals surface area contributed by atoms with Gasteiger partial charge in [0.15, 0.2) is 11.6 Å². The van der Waals surface area contributed by atoms with Crippen LogP contribution in [0.5, 0.6) is 0 Å². The van der Waals surface area contributed by atoms with E-state index in [9.17, 15) is 8.78 Å². The van der Waals surface area contributed by atoms with Crippen LogP contribution in [0.25, 0.3) is 0 Å². The molecule has 118 valence electrons. The van der Waals surface area contributed by atoms with Crippen LogP contribution in [0.4, 0.5) is 8.78 Å². The zero-order valence-corrected chi connectivity index (χ0v) is 12.7. The fourth-order valence-corrected chi connectivity index (χ4v) is 3.12. The molecule has 0 unspecified atom stereocenters. The third-order valence-electron chi connectivity index (χ3n) is 4.26. The fourth-order valence-electron chi connectivity index (χ4n) is 3.12. The maximum atomic E-state index is 14.0. The Morgan fingerprint density at radius 3 is 2.91 bits per heavy atom. The molecule has 2 aromatic rings. The van der Waals surface area contributed by atoms with E-state index < -0.39 is 11.6 Å². The molecule has 0 aliphatic carbocycles. The summed E-state index contributed by atoms with van der Waals surface area (Å²) in [6.07, 6.45) is 4.28. The van der Waals surface area contributed by atoms with Gasteiger partial charge in [0.2, 0.25) is 0 Å². The molecule has 2 heterocycles. The molecule has 3 rings (SSSR count). The van der Waals surface area contributed by atoms with E-state index in [-0.39, 0.29) is 6.04 Å². The largest absolute Gasteiger partial charge is 0.361 e. The number of likely N-dealkylation sites (tertiary alicyclic amines) is 1. The van der Waals surface area contributed by atoms with Crippen LogP contribution in [0.3, 0.4) is 0 Å². The first kappa shape index (κ1) is 15.2. The summed E-state index contributed by atoms with van der Waals surface area (Å²) in [5.41, 5.74) is 1.28. The van der Waals surface area contributed by atoms with E-state index >= 15 is 0 Å². The number of hydrogen-bond acceptors (Lipinski definition) is 3. The van der Waals surface area contributed by atoms with Crippen molar-refractivity contribution in [2.45, 2.75) is 45.2 Å². The fraction of sp³-hybridized carbons (Fsp3) is 0.471. The minimum atomic E-state index is -0.791. The number of benzene rings is 1. The van der Waals surface area contributed by atoms with E-state index in [0.717, 1.165) is 49.7 Å². The lowest BCUT2D eigenvalue weighted by Crippen LogP contribution is -2.29. The SMILES string of the molecule is Cc1cc([C@H]2CCCCCN2Cc2cccc(F)c2F)no1. The molecule has 22 heavy (non-hydrogen) atoms. The van der Waals surface area contributed by atoms with Gasteiger partial charge in [-0.1, -0.05) is 30.1 Å². The molecule has 1 fully saturated rings. The molecule has 0 radical (unpaired) electrons. The number of aryl methyl sites for hydroxylation is 1.